The first-order valence-electron chi connectivity index (χ1n) is 11.4. The molecule has 3 heterocycles. The molecule has 0 aliphatic carbocycles. The Hall–Kier alpha value is -3.28. The molecule has 5 heteroatoms. The predicted molar refractivity (Wildman–Crippen MR) is 136 cm³/mol. The number of para-hydroxylation sites is 2. The number of nitrogens with zero attached hydrogens (tertiary/aromatic N) is 2. The lowest BCUT2D eigenvalue weighted by Crippen LogP contribution is -2.41. The van der Waals surface area contributed by atoms with Crippen LogP contribution in [0.1, 0.15) is 27.7 Å². The van der Waals surface area contributed by atoms with Crippen molar-refractivity contribution in [2.45, 2.75) is 38.9 Å². The summed E-state index contributed by atoms with van der Waals surface area (Å²) in [7, 11) is -0.382. The van der Waals surface area contributed by atoms with Crippen molar-refractivity contribution in [3.05, 3.63) is 78.9 Å². The van der Waals surface area contributed by atoms with E-state index in [0.29, 0.717) is 0 Å². The summed E-state index contributed by atoms with van der Waals surface area (Å²) in [4.78, 5) is 10.1. The van der Waals surface area contributed by atoms with E-state index >= 15 is 0 Å². The second kappa shape index (κ2) is 7.11. The van der Waals surface area contributed by atoms with Crippen molar-refractivity contribution in [2.24, 2.45) is 0 Å². The quantitative estimate of drug-likeness (QED) is 0.198. The van der Waals surface area contributed by atoms with Crippen LogP contribution in [0, 0.1) is 0 Å². The number of benzene rings is 3. The van der Waals surface area contributed by atoms with Crippen LogP contribution in [0.15, 0.2) is 78.9 Å². The van der Waals surface area contributed by atoms with E-state index in [9.17, 15) is 0 Å². The van der Waals surface area contributed by atoms with Crippen molar-refractivity contribution in [2.75, 3.05) is 0 Å². The van der Waals surface area contributed by atoms with Gasteiger partial charge in [0.1, 0.15) is 0 Å². The van der Waals surface area contributed by atoms with E-state index in [1.807, 2.05) is 12.1 Å². The fraction of sp³-hybridized carbons (Fsp3) is 0.214. The molecule has 0 spiro atoms. The van der Waals surface area contributed by atoms with E-state index in [-0.39, 0.29) is 18.3 Å². The summed E-state index contributed by atoms with van der Waals surface area (Å²) in [5.74, 6) is 0. The minimum atomic E-state index is -0.382. The van der Waals surface area contributed by atoms with Gasteiger partial charge in [0.25, 0.3) is 0 Å². The maximum atomic E-state index is 6.22. The Kier molecular flexibility index (Phi) is 4.38. The standard InChI is InChI=1S/C28H25BN2O2/c1-27(2)28(3,4)33-29(32-27)20-15-13-18(14-16-20)25-26-22(21-10-6-8-12-24(21)31-25)17-19-9-5-7-11-23(19)30-26/h5-17H,1-4H3. The fourth-order valence-corrected chi connectivity index (χ4v) is 4.45. The molecule has 1 aliphatic heterocycles. The van der Waals surface area contributed by atoms with Gasteiger partial charge in [-0.05, 0) is 51.4 Å². The van der Waals surface area contributed by atoms with Crippen LogP contribution in [-0.2, 0) is 9.31 Å². The average Bonchev–Trinajstić information content (AvgIpc) is 3.04. The number of rotatable bonds is 2. The monoisotopic (exact) mass is 432 g/mol. The van der Waals surface area contributed by atoms with Crippen molar-refractivity contribution in [3.8, 4) is 11.3 Å². The topological polar surface area (TPSA) is 44.2 Å². The molecule has 5 aromatic rings. The highest BCUT2D eigenvalue weighted by molar-refractivity contribution is 6.62. The van der Waals surface area contributed by atoms with Crippen LogP contribution in [0.25, 0.3) is 44.0 Å². The van der Waals surface area contributed by atoms with Crippen LogP contribution in [0.2, 0.25) is 0 Å². The zero-order chi connectivity index (χ0) is 22.8. The van der Waals surface area contributed by atoms with Gasteiger partial charge in [0.05, 0.1) is 33.4 Å². The molecule has 33 heavy (non-hydrogen) atoms. The highest BCUT2D eigenvalue weighted by atomic mass is 16.7. The normalized spacial score (nSPS) is 17.3. The molecule has 6 rings (SSSR count). The molecule has 0 N–H and O–H groups in total. The lowest BCUT2D eigenvalue weighted by atomic mass is 9.78. The summed E-state index contributed by atoms with van der Waals surface area (Å²) in [5, 5.41) is 3.36. The Labute approximate surface area is 193 Å². The zero-order valence-electron chi connectivity index (χ0n) is 19.3. The van der Waals surface area contributed by atoms with Crippen LogP contribution in [0.3, 0.4) is 0 Å². The molecule has 0 atom stereocenters. The summed E-state index contributed by atoms with van der Waals surface area (Å²) < 4.78 is 12.4. The Morgan fingerprint density at radius 3 is 2.03 bits per heavy atom. The maximum Gasteiger partial charge on any atom is 0.494 e. The first kappa shape index (κ1) is 20.3. The van der Waals surface area contributed by atoms with Gasteiger partial charge in [0.15, 0.2) is 0 Å². The van der Waals surface area contributed by atoms with E-state index in [1.54, 1.807) is 0 Å². The van der Waals surface area contributed by atoms with Crippen LogP contribution >= 0.6 is 0 Å². The third-order valence-electron chi connectivity index (χ3n) is 7.08. The first-order chi connectivity index (χ1) is 15.8. The summed E-state index contributed by atoms with van der Waals surface area (Å²) in [6, 6.07) is 27.0. The molecule has 0 unspecified atom stereocenters. The number of pyridine rings is 2. The minimum Gasteiger partial charge on any atom is -0.399 e. The van der Waals surface area contributed by atoms with Gasteiger partial charge in [-0.3, -0.25) is 0 Å². The highest BCUT2D eigenvalue weighted by Gasteiger charge is 2.51. The first-order valence-corrected chi connectivity index (χ1v) is 11.4. The molecule has 1 saturated heterocycles. The summed E-state index contributed by atoms with van der Waals surface area (Å²) in [6.45, 7) is 8.29. The lowest BCUT2D eigenvalue weighted by molar-refractivity contribution is 0.00578. The summed E-state index contributed by atoms with van der Waals surface area (Å²) in [5.41, 5.74) is 5.03. The van der Waals surface area contributed by atoms with Gasteiger partial charge in [-0.1, -0.05) is 60.7 Å². The van der Waals surface area contributed by atoms with Crippen LogP contribution < -0.4 is 5.46 Å². The van der Waals surface area contributed by atoms with E-state index in [4.69, 9.17) is 19.3 Å². The molecule has 0 saturated carbocycles. The smallest absolute Gasteiger partial charge is 0.399 e. The second-order valence-electron chi connectivity index (χ2n) is 9.77. The van der Waals surface area contributed by atoms with E-state index in [0.717, 1.165) is 49.4 Å². The third-order valence-corrected chi connectivity index (χ3v) is 7.08. The number of fused-ring (bicyclic) bond motifs is 4. The number of hydrogen-bond donors (Lipinski definition) is 0. The van der Waals surface area contributed by atoms with Gasteiger partial charge in [0, 0.05) is 21.7 Å². The molecule has 2 aromatic heterocycles. The molecule has 0 amide bonds. The lowest BCUT2D eigenvalue weighted by Gasteiger charge is -2.32. The zero-order valence-corrected chi connectivity index (χ0v) is 19.3. The fourth-order valence-electron chi connectivity index (χ4n) is 4.45. The van der Waals surface area contributed by atoms with Gasteiger partial charge in [-0.15, -0.1) is 0 Å². The van der Waals surface area contributed by atoms with E-state index in [1.165, 1.54) is 0 Å². The summed E-state index contributed by atoms with van der Waals surface area (Å²) in [6.07, 6.45) is 0. The van der Waals surface area contributed by atoms with Gasteiger partial charge < -0.3 is 9.31 Å². The van der Waals surface area contributed by atoms with E-state index < -0.39 is 0 Å². The van der Waals surface area contributed by atoms with Crippen LogP contribution in [-0.4, -0.2) is 28.3 Å². The van der Waals surface area contributed by atoms with Crippen LogP contribution in [0.4, 0.5) is 0 Å². The minimum absolute atomic E-state index is 0.364. The molecule has 1 aliphatic rings. The maximum absolute atomic E-state index is 6.22. The van der Waals surface area contributed by atoms with Gasteiger partial charge in [-0.25, -0.2) is 9.97 Å². The third kappa shape index (κ3) is 3.23. The Morgan fingerprint density at radius 1 is 0.667 bits per heavy atom. The molecule has 4 nitrogen and oxygen atoms in total. The second-order valence-corrected chi connectivity index (χ2v) is 9.77. The molecular weight excluding hydrogens is 407 g/mol. The van der Waals surface area contributed by atoms with Crippen molar-refractivity contribution in [1.29, 1.82) is 0 Å². The highest BCUT2D eigenvalue weighted by Crippen LogP contribution is 2.37. The predicted octanol–water partition coefficient (Wildman–Crippen LogP) is 5.90. The van der Waals surface area contributed by atoms with Crippen molar-refractivity contribution < 1.29 is 9.31 Å². The molecule has 162 valence electrons. The van der Waals surface area contributed by atoms with E-state index in [2.05, 4.69) is 94.4 Å². The summed E-state index contributed by atoms with van der Waals surface area (Å²) >= 11 is 0. The largest absolute Gasteiger partial charge is 0.494 e. The van der Waals surface area contributed by atoms with Gasteiger partial charge >= 0.3 is 7.12 Å². The van der Waals surface area contributed by atoms with Crippen molar-refractivity contribution in [1.82, 2.24) is 9.97 Å². The Balaban J connectivity index is 1.50. The van der Waals surface area contributed by atoms with Crippen molar-refractivity contribution >= 4 is 45.3 Å². The molecule has 0 radical (unpaired) electrons. The van der Waals surface area contributed by atoms with Crippen molar-refractivity contribution in [3.63, 3.8) is 0 Å². The van der Waals surface area contributed by atoms with Crippen LogP contribution in [0.5, 0.6) is 0 Å². The molecule has 1 fully saturated rings. The number of hydrogen-bond acceptors (Lipinski definition) is 4. The van der Waals surface area contributed by atoms with Gasteiger partial charge in [-0.2, -0.15) is 0 Å². The SMILES string of the molecule is CC1(C)OB(c2ccc(-c3nc4ccccc4c4cc5ccccc5nc34)cc2)OC1(C)C. The molecular formula is C28H25BN2O2. The number of aromatic nitrogens is 2. The Morgan fingerprint density at radius 2 is 1.30 bits per heavy atom. The Bertz CT molecular complexity index is 1510. The average molecular weight is 432 g/mol. The molecule has 3 aromatic carbocycles. The molecule has 0 bridgehead atoms. The van der Waals surface area contributed by atoms with Gasteiger partial charge in [0.2, 0.25) is 0 Å².